The molecule has 10 heteroatoms. The molecule has 0 atom stereocenters. The highest BCUT2D eigenvalue weighted by Crippen LogP contribution is 2.39. The average molecular weight is 566 g/mol. The van der Waals surface area contributed by atoms with E-state index >= 15 is 0 Å². The smallest absolute Gasteiger partial charge is 0.341 e. The van der Waals surface area contributed by atoms with Crippen LogP contribution >= 0.6 is 22.9 Å². The second-order valence-electron chi connectivity index (χ2n) is 9.62. The molecule has 8 nitrogen and oxygen atoms in total. The number of carbonyl (C=O) groups excluding carboxylic acids is 4. The first-order valence-corrected chi connectivity index (χ1v) is 14.0. The van der Waals surface area contributed by atoms with E-state index in [2.05, 4.69) is 5.32 Å². The predicted octanol–water partition coefficient (Wildman–Crippen LogP) is 5.84. The fourth-order valence-electron chi connectivity index (χ4n) is 5.24. The molecule has 1 aromatic carbocycles. The number of halogens is 1. The molecule has 0 spiro atoms. The summed E-state index contributed by atoms with van der Waals surface area (Å²) < 4.78 is 7.41. The van der Waals surface area contributed by atoms with Crippen LogP contribution in [0.25, 0.3) is 11.1 Å². The van der Waals surface area contributed by atoms with Crippen molar-refractivity contribution in [2.24, 2.45) is 0 Å². The number of imide groups is 2. The van der Waals surface area contributed by atoms with Crippen LogP contribution in [0.15, 0.2) is 29.8 Å². The number of nitrogens with zero attached hydrogens (tertiary/aromatic N) is 2. The van der Waals surface area contributed by atoms with E-state index in [4.69, 9.17) is 16.3 Å². The number of esters is 1. The van der Waals surface area contributed by atoms with Gasteiger partial charge in [0.25, 0.3) is 11.8 Å². The molecule has 39 heavy (non-hydrogen) atoms. The molecule has 1 saturated heterocycles. The van der Waals surface area contributed by atoms with Crippen LogP contribution in [0.4, 0.5) is 10.5 Å². The van der Waals surface area contributed by atoms with Crippen molar-refractivity contribution < 1.29 is 23.9 Å². The Bertz CT molecular complexity index is 1580. The number of aromatic nitrogens is 1. The van der Waals surface area contributed by atoms with Crippen molar-refractivity contribution in [3.05, 3.63) is 73.4 Å². The summed E-state index contributed by atoms with van der Waals surface area (Å²) in [6.45, 7) is 7.56. The number of benzene rings is 1. The lowest BCUT2D eigenvalue weighted by atomic mass is 9.95. The Morgan fingerprint density at radius 1 is 1.15 bits per heavy atom. The number of aryl methyl sites for hydroxylation is 2. The topological polar surface area (TPSA) is 97.7 Å². The van der Waals surface area contributed by atoms with Gasteiger partial charge >= 0.3 is 12.0 Å². The van der Waals surface area contributed by atoms with Gasteiger partial charge in [-0.25, -0.2) is 14.5 Å². The quantitative estimate of drug-likeness (QED) is 0.238. The van der Waals surface area contributed by atoms with E-state index in [1.54, 1.807) is 43.4 Å². The van der Waals surface area contributed by atoms with Gasteiger partial charge < -0.3 is 9.30 Å². The van der Waals surface area contributed by atoms with E-state index in [0.717, 1.165) is 52.5 Å². The maximum absolute atomic E-state index is 13.5. The number of hydrogen-bond donors (Lipinski definition) is 1. The minimum atomic E-state index is -0.832. The SMILES string of the molecule is CCOC(=O)c1c(-n2c(C)cc(/C=C3\C(=O)NC(=O)N(c4cccc(Cl)c4C)C3=O)c2C)sc2c1CCCC2. The number of anilines is 1. The summed E-state index contributed by atoms with van der Waals surface area (Å²) in [6, 6.07) is 5.94. The highest BCUT2D eigenvalue weighted by molar-refractivity contribution is 7.15. The fraction of sp³-hybridized carbons (Fsp3) is 0.310. The van der Waals surface area contributed by atoms with E-state index in [0.29, 0.717) is 27.4 Å². The Kier molecular flexibility index (Phi) is 7.22. The number of carbonyl (C=O) groups is 4. The van der Waals surface area contributed by atoms with E-state index in [-0.39, 0.29) is 18.1 Å². The van der Waals surface area contributed by atoms with Crippen molar-refractivity contribution in [1.82, 2.24) is 9.88 Å². The van der Waals surface area contributed by atoms with Crippen molar-refractivity contribution >= 4 is 58.5 Å². The maximum atomic E-state index is 13.5. The third kappa shape index (κ3) is 4.59. The number of ether oxygens (including phenoxy) is 1. The molecule has 0 unspecified atom stereocenters. The fourth-order valence-corrected chi connectivity index (χ4v) is 6.90. The molecule has 5 rings (SSSR count). The normalized spacial score (nSPS) is 16.5. The van der Waals surface area contributed by atoms with Gasteiger partial charge in [-0.3, -0.25) is 14.9 Å². The Balaban J connectivity index is 1.60. The van der Waals surface area contributed by atoms with Crippen molar-refractivity contribution in [3.8, 4) is 5.00 Å². The number of barbiturate groups is 1. The first-order valence-electron chi connectivity index (χ1n) is 12.8. The minimum Gasteiger partial charge on any atom is -0.462 e. The minimum absolute atomic E-state index is 0.176. The van der Waals surface area contributed by atoms with Gasteiger partial charge in [0.1, 0.15) is 10.6 Å². The summed E-state index contributed by atoms with van der Waals surface area (Å²) in [5, 5.41) is 3.45. The molecule has 1 aliphatic carbocycles. The summed E-state index contributed by atoms with van der Waals surface area (Å²) in [5.41, 5.74) is 4.55. The highest BCUT2D eigenvalue weighted by Gasteiger charge is 2.38. The molecule has 3 heterocycles. The maximum Gasteiger partial charge on any atom is 0.341 e. The van der Waals surface area contributed by atoms with Gasteiger partial charge in [0.15, 0.2) is 0 Å². The summed E-state index contributed by atoms with van der Waals surface area (Å²) in [6.07, 6.45) is 5.35. The molecule has 3 aromatic rings. The van der Waals surface area contributed by atoms with Crippen LogP contribution in [0, 0.1) is 20.8 Å². The number of hydrogen-bond acceptors (Lipinski definition) is 6. The van der Waals surface area contributed by atoms with Gasteiger partial charge in [0.05, 0.1) is 17.9 Å². The van der Waals surface area contributed by atoms with Crippen LogP contribution in [0.5, 0.6) is 0 Å². The average Bonchev–Trinajstić information content (AvgIpc) is 3.40. The zero-order chi connectivity index (χ0) is 28.0. The van der Waals surface area contributed by atoms with Crippen LogP contribution in [0.2, 0.25) is 5.02 Å². The lowest BCUT2D eigenvalue weighted by Crippen LogP contribution is -2.54. The highest BCUT2D eigenvalue weighted by atomic mass is 35.5. The van der Waals surface area contributed by atoms with Crippen LogP contribution in [-0.2, 0) is 27.2 Å². The van der Waals surface area contributed by atoms with E-state index in [1.807, 2.05) is 24.5 Å². The lowest BCUT2D eigenvalue weighted by molar-refractivity contribution is -0.122. The number of nitrogens with one attached hydrogen (secondary N) is 1. The standard InChI is InChI=1S/C29H28ClN3O5S/c1-5-38-28(36)24-19-9-6-7-12-23(19)39-27(24)32-15(2)13-18(17(32)4)14-20-25(34)31-29(37)33(26(20)35)22-11-8-10-21(30)16(22)3/h8,10-11,13-14H,5-7,9,12H2,1-4H3,(H,31,34,37)/b20-14+. The van der Waals surface area contributed by atoms with Crippen LogP contribution in [-0.4, -0.2) is 35.0 Å². The van der Waals surface area contributed by atoms with E-state index < -0.39 is 17.8 Å². The summed E-state index contributed by atoms with van der Waals surface area (Å²) >= 11 is 7.82. The molecule has 1 fully saturated rings. The zero-order valence-corrected chi connectivity index (χ0v) is 23.7. The monoisotopic (exact) mass is 565 g/mol. The number of fused-ring (bicyclic) bond motifs is 1. The third-order valence-electron chi connectivity index (χ3n) is 7.19. The van der Waals surface area contributed by atoms with Gasteiger partial charge in [-0.05, 0) is 94.3 Å². The Morgan fingerprint density at radius 3 is 2.64 bits per heavy atom. The molecule has 202 valence electrons. The Morgan fingerprint density at radius 2 is 1.90 bits per heavy atom. The number of amides is 4. The molecule has 1 N–H and O–H groups in total. The second kappa shape index (κ2) is 10.5. The van der Waals surface area contributed by atoms with Crippen molar-refractivity contribution in [2.45, 2.75) is 53.4 Å². The van der Waals surface area contributed by atoms with Gasteiger partial charge in [0.2, 0.25) is 0 Å². The lowest BCUT2D eigenvalue weighted by Gasteiger charge is -2.27. The van der Waals surface area contributed by atoms with Crippen molar-refractivity contribution in [2.75, 3.05) is 11.5 Å². The van der Waals surface area contributed by atoms with E-state index in [1.165, 1.54) is 11.0 Å². The second-order valence-corrected chi connectivity index (χ2v) is 11.1. The zero-order valence-electron chi connectivity index (χ0n) is 22.1. The molecule has 1 aliphatic heterocycles. The Labute approximate surface area is 235 Å². The van der Waals surface area contributed by atoms with Gasteiger partial charge in [-0.2, -0.15) is 0 Å². The molecule has 0 bridgehead atoms. The first kappa shape index (κ1) is 26.9. The molecular weight excluding hydrogens is 538 g/mol. The molecular formula is C29H28ClN3O5S. The van der Waals surface area contributed by atoms with Gasteiger partial charge in [-0.1, -0.05) is 17.7 Å². The Hall–Kier alpha value is -3.69. The molecule has 0 saturated carbocycles. The molecule has 2 aromatic heterocycles. The number of thiophene rings is 1. The summed E-state index contributed by atoms with van der Waals surface area (Å²) in [7, 11) is 0. The molecule has 2 aliphatic rings. The summed E-state index contributed by atoms with van der Waals surface area (Å²) in [4.78, 5) is 54.2. The van der Waals surface area contributed by atoms with Crippen LogP contribution in [0.3, 0.4) is 0 Å². The molecule has 0 radical (unpaired) electrons. The van der Waals surface area contributed by atoms with Crippen LogP contribution in [0.1, 0.15) is 63.1 Å². The first-order chi connectivity index (χ1) is 18.6. The largest absolute Gasteiger partial charge is 0.462 e. The molecule has 4 amide bonds. The van der Waals surface area contributed by atoms with Crippen molar-refractivity contribution in [1.29, 1.82) is 0 Å². The van der Waals surface area contributed by atoms with Gasteiger partial charge in [0, 0.05) is 21.3 Å². The predicted molar refractivity (Wildman–Crippen MR) is 151 cm³/mol. The number of urea groups is 1. The van der Waals surface area contributed by atoms with Crippen LogP contribution < -0.4 is 10.2 Å². The van der Waals surface area contributed by atoms with E-state index in [9.17, 15) is 19.2 Å². The summed E-state index contributed by atoms with van der Waals surface area (Å²) in [5.74, 6) is -1.85. The van der Waals surface area contributed by atoms with Crippen molar-refractivity contribution in [3.63, 3.8) is 0 Å². The van der Waals surface area contributed by atoms with Gasteiger partial charge in [-0.15, -0.1) is 11.3 Å². The number of rotatable bonds is 5. The third-order valence-corrected chi connectivity index (χ3v) is 8.87.